The lowest BCUT2D eigenvalue weighted by Gasteiger charge is -2.19. The highest BCUT2D eigenvalue weighted by Gasteiger charge is 2.23. The summed E-state index contributed by atoms with van der Waals surface area (Å²) in [6.45, 7) is 4.00. The molecule has 0 radical (unpaired) electrons. The molecular weight excluding hydrogens is 386 g/mol. The second-order valence-electron chi connectivity index (χ2n) is 6.49. The highest BCUT2D eigenvalue weighted by molar-refractivity contribution is 7.91. The highest BCUT2D eigenvalue weighted by atomic mass is 32.2. The summed E-state index contributed by atoms with van der Waals surface area (Å²) in [6, 6.07) is 11.1. The number of thiophene rings is 1. The second-order valence-corrected chi connectivity index (χ2v) is 9.45. The fourth-order valence-electron chi connectivity index (χ4n) is 2.42. The first kappa shape index (κ1) is 21.1. The van der Waals surface area contributed by atoms with E-state index in [-0.39, 0.29) is 28.5 Å². The number of primary sulfonamides is 1. The number of benzene rings is 1. The van der Waals surface area contributed by atoms with Crippen LogP contribution < -0.4 is 15.8 Å². The van der Waals surface area contributed by atoms with Crippen LogP contribution in [0.5, 0.6) is 0 Å². The SMILES string of the molecule is CC(C)CC(=O)NC(C(=O)NCc1ccc(S(N)(=O)=O)s1)c1ccccc1. The molecule has 0 aliphatic carbocycles. The van der Waals surface area contributed by atoms with Gasteiger partial charge in [-0.25, -0.2) is 13.6 Å². The van der Waals surface area contributed by atoms with Crippen LogP contribution in [0.15, 0.2) is 46.7 Å². The third-order valence-electron chi connectivity index (χ3n) is 3.65. The van der Waals surface area contributed by atoms with Gasteiger partial charge in [0.1, 0.15) is 10.3 Å². The van der Waals surface area contributed by atoms with Crippen molar-refractivity contribution < 1.29 is 18.0 Å². The van der Waals surface area contributed by atoms with Gasteiger partial charge in [0, 0.05) is 11.3 Å². The van der Waals surface area contributed by atoms with E-state index in [1.165, 1.54) is 6.07 Å². The van der Waals surface area contributed by atoms with Crippen molar-refractivity contribution in [1.82, 2.24) is 10.6 Å². The maximum absolute atomic E-state index is 12.7. The Balaban J connectivity index is 2.09. The van der Waals surface area contributed by atoms with Crippen LogP contribution in [0.25, 0.3) is 0 Å². The summed E-state index contributed by atoms with van der Waals surface area (Å²) >= 11 is 0.997. The Labute approximate surface area is 163 Å². The maximum atomic E-state index is 12.7. The number of nitrogens with one attached hydrogen (secondary N) is 2. The molecule has 2 amide bonds. The molecule has 146 valence electrons. The predicted molar refractivity (Wildman–Crippen MR) is 104 cm³/mol. The lowest BCUT2D eigenvalue weighted by atomic mass is 10.0. The number of amides is 2. The molecule has 1 heterocycles. The molecule has 27 heavy (non-hydrogen) atoms. The van der Waals surface area contributed by atoms with Crippen molar-refractivity contribution in [3.05, 3.63) is 52.9 Å². The molecule has 9 heteroatoms. The van der Waals surface area contributed by atoms with Crippen LogP contribution >= 0.6 is 11.3 Å². The third-order valence-corrected chi connectivity index (χ3v) is 6.17. The first-order valence-electron chi connectivity index (χ1n) is 8.40. The van der Waals surface area contributed by atoms with Gasteiger partial charge in [0.15, 0.2) is 0 Å². The van der Waals surface area contributed by atoms with E-state index in [1.54, 1.807) is 30.3 Å². The molecule has 0 fully saturated rings. The Hall–Kier alpha value is -2.23. The summed E-state index contributed by atoms with van der Waals surface area (Å²) in [4.78, 5) is 25.5. The van der Waals surface area contributed by atoms with Gasteiger partial charge in [-0.05, 0) is 23.6 Å². The second kappa shape index (κ2) is 9.12. The number of rotatable bonds is 8. The van der Waals surface area contributed by atoms with Gasteiger partial charge >= 0.3 is 0 Å². The first-order valence-corrected chi connectivity index (χ1v) is 10.8. The average molecular weight is 410 g/mol. The van der Waals surface area contributed by atoms with Gasteiger partial charge in [0.2, 0.25) is 21.8 Å². The lowest BCUT2D eigenvalue weighted by molar-refractivity contribution is -0.129. The van der Waals surface area contributed by atoms with Gasteiger partial charge in [0.25, 0.3) is 0 Å². The van der Waals surface area contributed by atoms with Crippen LogP contribution in [-0.2, 0) is 26.2 Å². The summed E-state index contributed by atoms with van der Waals surface area (Å²) in [6.07, 6.45) is 0.319. The number of carbonyl (C=O) groups is 2. The molecule has 0 aliphatic heterocycles. The van der Waals surface area contributed by atoms with Crippen molar-refractivity contribution in [2.24, 2.45) is 11.1 Å². The third kappa shape index (κ3) is 6.46. The van der Waals surface area contributed by atoms with E-state index in [0.29, 0.717) is 16.9 Å². The van der Waals surface area contributed by atoms with Crippen molar-refractivity contribution in [1.29, 1.82) is 0 Å². The van der Waals surface area contributed by atoms with Gasteiger partial charge in [-0.15, -0.1) is 11.3 Å². The molecule has 0 aliphatic rings. The number of hydrogen-bond acceptors (Lipinski definition) is 5. The number of hydrogen-bond donors (Lipinski definition) is 3. The van der Waals surface area contributed by atoms with Crippen LogP contribution in [0.1, 0.15) is 36.8 Å². The zero-order valence-electron chi connectivity index (χ0n) is 15.1. The van der Waals surface area contributed by atoms with Crippen molar-refractivity contribution in [3.63, 3.8) is 0 Å². The monoisotopic (exact) mass is 409 g/mol. The topological polar surface area (TPSA) is 118 Å². The van der Waals surface area contributed by atoms with E-state index >= 15 is 0 Å². The van der Waals surface area contributed by atoms with Crippen molar-refractivity contribution in [2.75, 3.05) is 0 Å². The molecule has 1 atom stereocenters. The average Bonchev–Trinajstić information content (AvgIpc) is 3.07. The van der Waals surface area contributed by atoms with Crippen LogP contribution in [-0.4, -0.2) is 20.2 Å². The predicted octanol–water partition coefficient (Wildman–Crippen LogP) is 1.92. The highest BCUT2D eigenvalue weighted by Crippen LogP contribution is 2.20. The van der Waals surface area contributed by atoms with E-state index in [0.717, 1.165) is 11.3 Å². The van der Waals surface area contributed by atoms with Gasteiger partial charge in [-0.3, -0.25) is 9.59 Å². The van der Waals surface area contributed by atoms with E-state index in [1.807, 2.05) is 19.9 Å². The zero-order valence-corrected chi connectivity index (χ0v) is 16.8. The summed E-state index contributed by atoms with van der Waals surface area (Å²) in [5.41, 5.74) is 0.670. The minimum atomic E-state index is -3.76. The number of sulfonamides is 1. The quantitative estimate of drug-likeness (QED) is 0.617. The fourth-order valence-corrected chi connectivity index (χ4v) is 4.14. The van der Waals surface area contributed by atoms with Gasteiger partial charge in [-0.2, -0.15) is 0 Å². The molecule has 2 rings (SSSR count). The molecule has 1 aromatic heterocycles. The number of carbonyl (C=O) groups excluding carboxylic acids is 2. The Bertz CT molecular complexity index is 892. The number of nitrogens with two attached hydrogens (primary N) is 1. The van der Waals surface area contributed by atoms with Gasteiger partial charge < -0.3 is 10.6 Å². The minimum Gasteiger partial charge on any atom is -0.349 e. The van der Waals surface area contributed by atoms with E-state index in [4.69, 9.17) is 5.14 Å². The molecule has 0 bridgehead atoms. The minimum absolute atomic E-state index is 0.0385. The molecule has 1 aromatic carbocycles. The molecule has 7 nitrogen and oxygen atoms in total. The first-order chi connectivity index (χ1) is 12.7. The van der Waals surface area contributed by atoms with Crippen molar-refractivity contribution in [2.45, 2.75) is 37.1 Å². The fraction of sp³-hybridized carbons (Fsp3) is 0.333. The molecule has 1 unspecified atom stereocenters. The zero-order chi connectivity index (χ0) is 20.0. The Kier molecular flexibility index (Phi) is 7.11. The molecule has 4 N–H and O–H groups in total. The van der Waals surface area contributed by atoms with Crippen LogP contribution in [0.3, 0.4) is 0 Å². The van der Waals surface area contributed by atoms with Crippen molar-refractivity contribution >= 4 is 33.2 Å². The maximum Gasteiger partial charge on any atom is 0.247 e. The summed E-state index contributed by atoms with van der Waals surface area (Å²) in [5, 5.41) is 10.6. The largest absolute Gasteiger partial charge is 0.349 e. The summed E-state index contributed by atoms with van der Waals surface area (Å²) < 4.78 is 22.7. The Morgan fingerprint density at radius 1 is 1.11 bits per heavy atom. The molecule has 2 aromatic rings. The van der Waals surface area contributed by atoms with E-state index in [2.05, 4.69) is 10.6 Å². The smallest absolute Gasteiger partial charge is 0.247 e. The normalized spacial score (nSPS) is 12.6. The van der Waals surface area contributed by atoms with Gasteiger partial charge in [-0.1, -0.05) is 44.2 Å². The molecule has 0 saturated heterocycles. The standard InChI is InChI=1S/C18H23N3O4S2/c1-12(2)10-15(22)21-17(13-6-4-3-5-7-13)18(23)20-11-14-8-9-16(26-14)27(19,24)25/h3-9,12,17H,10-11H2,1-2H3,(H,20,23)(H,21,22)(H2,19,24,25). The molecular formula is C18H23N3O4S2. The lowest BCUT2D eigenvalue weighted by Crippen LogP contribution is -2.40. The van der Waals surface area contributed by atoms with E-state index < -0.39 is 16.1 Å². The van der Waals surface area contributed by atoms with Crippen LogP contribution in [0.4, 0.5) is 0 Å². The van der Waals surface area contributed by atoms with Gasteiger partial charge in [0.05, 0.1) is 6.54 Å². The molecule has 0 spiro atoms. The van der Waals surface area contributed by atoms with E-state index in [9.17, 15) is 18.0 Å². The summed E-state index contributed by atoms with van der Waals surface area (Å²) in [7, 11) is -3.76. The van der Waals surface area contributed by atoms with Crippen molar-refractivity contribution in [3.8, 4) is 0 Å². The Morgan fingerprint density at radius 2 is 1.78 bits per heavy atom. The Morgan fingerprint density at radius 3 is 2.33 bits per heavy atom. The van der Waals surface area contributed by atoms with Crippen LogP contribution in [0, 0.1) is 5.92 Å². The van der Waals surface area contributed by atoms with Crippen LogP contribution in [0.2, 0.25) is 0 Å². The molecule has 0 saturated carbocycles. The summed E-state index contributed by atoms with van der Waals surface area (Å²) in [5.74, 6) is -0.405.